The van der Waals surface area contributed by atoms with Gasteiger partial charge in [-0.25, -0.2) is 0 Å². The Morgan fingerprint density at radius 2 is 2.16 bits per heavy atom. The molecule has 0 aliphatic heterocycles. The molecule has 0 aliphatic rings. The SMILES string of the molecule is CC(CC(=O)O)c1ccc2c(c1)[nH]c1ccncc12. The number of carboxylic acids is 1. The van der Waals surface area contributed by atoms with Crippen molar-refractivity contribution in [3.63, 3.8) is 0 Å². The van der Waals surface area contributed by atoms with E-state index in [4.69, 9.17) is 5.11 Å². The fraction of sp³-hybridized carbons (Fsp3) is 0.200. The number of nitrogens with zero attached hydrogens (tertiary/aromatic N) is 1. The molecule has 96 valence electrons. The summed E-state index contributed by atoms with van der Waals surface area (Å²) in [4.78, 5) is 18.2. The van der Waals surface area contributed by atoms with Crippen LogP contribution in [0.1, 0.15) is 24.8 Å². The molecule has 4 heteroatoms. The van der Waals surface area contributed by atoms with Crippen molar-refractivity contribution in [1.82, 2.24) is 9.97 Å². The lowest BCUT2D eigenvalue weighted by Crippen LogP contribution is -2.02. The van der Waals surface area contributed by atoms with E-state index in [-0.39, 0.29) is 12.3 Å². The van der Waals surface area contributed by atoms with E-state index in [1.807, 2.05) is 37.4 Å². The smallest absolute Gasteiger partial charge is 0.303 e. The molecule has 0 bridgehead atoms. The molecule has 1 aromatic carbocycles. The first-order valence-corrected chi connectivity index (χ1v) is 6.22. The van der Waals surface area contributed by atoms with Crippen LogP contribution in [-0.2, 0) is 4.79 Å². The lowest BCUT2D eigenvalue weighted by molar-refractivity contribution is -0.137. The van der Waals surface area contributed by atoms with Crippen LogP contribution in [0, 0.1) is 0 Å². The van der Waals surface area contributed by atoms with Crippen molar-refractivity contribution in [3.8, 4) is 0 Å². The Morgan fingerprint density at radius 3 is 2.95 bits per heavy atom. The predicted molar refractivity (Wildman–Crippen MR) is 74.3 cm³/mol. The van der Waals surface area contributed by atoms with Crippen molar-refractivity contribution >= 4 is 27.8 Å². The van der Waals surface area contributed by atoms with Crippen LogP contribution >= 0.6 is 0 Å². The van der Waals surface area contributed by atoms with Gasteiger partial charge in [-0.15, -0.1) is 0 Å². The van der Waals surface area contributed by atoms with Gasteiger partial charge in [0.1, 0.15) is 0 Å². The third-order valence-electron chi connectivity index (χ3n) is 3.47. The molecule has 2 heterocycles. The Kier molecular flexibility index (Phi) is 2.71. The number of rotatable bonds is 3. The second-order valence-corrected chi connectivity index (χ2v) is 4.85. The minimum Gasteiger partial charge on any atom is -0.481 e. The third kappa shape index (κ3) is 2.05. The van der Waals surface area contributed by atoms with E-state index in [2.05, 4.69) is 9.97 Å². The lowest BCUT2D eigenvalue weighted by atomic mass is 9.97. The highest BCUT2D eigenvalue weighted by molar-refractivity contribution is 6.06. The zero-order chi connectivity index (χ0) is 13.4. The average molecular weight is 254 g/mol. The summed E-state index contributed by atoms with van der Waals surface area (Å²) in [5.41, 5.74) is 3.11. The van der Waals surface area contributed by atoms with Gasteiger partial charge in [0.2, 0.25) is 0 Å². The maximum Gasteiger partial charge on any atom is 0.303 e. The van der Waals surface area contributed by atoms with E-state index in [0.717, 1.165) is 27.4 Å². The topological polar surface area (TPSA) is 66.0 Å². The quantitative estimate of drug-likeness (QED) is 0.753. The molecule has 0 saturated carbocycles. The van der Waals surface area contributed by atoms with E-state index in [1.54, 1.807) is 6.20 Å². The number of fused-ring (bicyclic) bond motifs is 3. The number of H-pyrrole nitrogens is 1. The van der Waals surface area contributed by atoms with Gasteiger partial charge >= 0.3 is 5.97 Å². The second kappa shape index (κ2) is 4.39. The Balaban J connectivity index is 2.10. The summed E-state index contributed by atoms with van der Waals surface area (Å²) >= 11 is 0. The molecule has 2 aromatic heterocycles. The molecule has 3 rings (SSSR count). The zero-order valence-electron chi connectivity index (χ0n) is 10.6. The first kappa shape index (κ1) is 11.7. The van der Waals surface area contributed by atoms with E-state index in [1.165, 1.54) is 0 Å². The summed E-state index contributed by atoms with van der Waals surface area (Å²) in [6.07, 6.45) is 3.74. The van der Waals surface area contributed by atoms with Crippen molar-refractivity contribution < 1.29 is 9.90 Å². The van der Waals surface area contributed by atoms with Crippen molar-refractivity contribution in [1.29, 1.82) is 0 Å². The minimum absolute atomic E-state index is 0.00596. The normalized spacial score (nSPS) is 12.9. The fourth-order valence-electron chi connectivity index (χ4n) is 2.45. The van der Waals surface area contributed by atoms with Crippen molar-refractivity contribution in [3.05, 3.63) is 42.2 Å². The van der Waals surface area contributed by atoms with Gasteiger partial charge in [-0.3, -0.25) is 9.78 Å². The summed E-state index contributed by atoms with van der Waals surface area (Å²) in [5.74, 6) is -0.764. The first-order chi connectivity index (χ1) is 9.15. The van der Waals surface area contributed by atoms with Crippen LogP contribution in [0.3, 0.4) is 0 Å². The number of carbonyl (C=O) groups is 1. The minimum atomic E-state index is -0.770. The number of aliphatic carboxylic acids is 1. The first-order valence-electron chi connectivity index (χ1n) is 6.22. The average Bonchev–Trinajstić information content (AvgIpc) is 2.75. The van der Waals surface area contributed by atoms with Gasteiger partial charge < -0.3 is 10.1 Å². The molecule has 19 heavy (non-hydrogen) atoms. The van der Waals surface area contributed by atoms with Crippen LogP contribution in [0.15, 0.2) is 36.7 Å². The molecule has 0 saturated heterocycles. The molecule has 0 spiro atoms. The molecule has 0 amide bonds. The van der Waals surface area contributed by atoms with Gasteiger partial charge in [0, 0.05) is 34.2 Å². The van der Waals surface area contributed by atoms with E-state index in [0.29, 0.717) is 0 Å². The maximum absolute atomic E-state index is 10.8. The molecule has 0 fully saturated rings. The van der Waals surface area contributed by atoms with Gasteiger partial charge in [0.15, 0.2) is 0 Å². The molecular formula is C15H14N2O2. The Hall–Kier alpha value is -2.36. The highest BCUT2D eigenvalue weighted by Crippen LogP contribution is 2.28. The number of hydrogen-bond donors (Lipinski definition) is 2. The highest BCUT2D eigenvalue weighted by Gasteiger charge is 2.12. The number of pyridine rings is 1. The Morgan fingerprint density at radius 1 is 1.32 bits per heavy atom. The molecule has 1 unspecified atom stereocenters. The molecule has 3 aromatic rings. The maximum atomic E-state index is 10.8. The van der Waals surface area contributed by atoms with E-state index >= 15 is 0 Å². The van der Waals surface area contributed by atoms with Crippen molar-refractivity contribution in [2.75, 3.05) is 0 Å². The third-order valence-corrected chi connectivity index (χ3v) is 3.47. The van der Waals surface area contributed by atoms with Crippen LogP contribution in [0.2, 0.25) is 0 Å². The van der Waals surface area contributed by atoms with E-state index in [9.17, 15) is 4.79 Å². The highest BCUT2D eigenvalue weighted by atomic mass is 16.4. The van der Waals surface area contributed by atoms with Crippen molar-refractivity contribution in [2.24, 2.45) is 0 Å². The fourth-order valence-corrected chi connectivity index (χ4v) is 2.45. The largest absolute Gasteiger partial charge is 0.481 e. The van der Waals surface area contributed by atoms with Crippen LogP contribution in [-0.4, -0.2) is 21.0 Å². The zero-order valence-corrected chi connectivity index (χ0v) is 10.6. The number of aromatic amines is 1. The molecule has 1 atom stereocenters. The predicted octanol–water partition coefficient (Wildman–Crippen LogP) is 3.29. The summed E-state index contributed by atoms with van der Waals surface area (Å²) in [5, 5.41) is 11.1. The van der Waals surface area contributed by atoms with E-state index < -0.39 is 5.97 Å². The molecule has 0 radical (unpaired) electrons. The van der Waals surface area contributed by atoms with Crippen LogP contribution in [0.4, 0.5) is 0 Å². The number of carboxylic acid groups (broad SMARTS) is 1. The van der Waals surface area contributed by atoms with Crippen LogP contribution < -0.4 is 0 Å². The Bertz CT molecular complexity index is 761. The summed E-state index contributed by atoms with van der Waals surface area (Å²) in [6.45, 7) is 1.93. The summed E-state index contributed by atoms with van der Waals surface area (Å²) in [6, 6.07) is 8.00. The molecular weight excluding hydrogens is 240 g/mol. The Labute approximate surface area is 110 Å². The molecule has 2 N–H and O–H groups in total. The number of aromatic nitrogens is 2. The monoisotopic (exact) mass is 254 g/mol. The van der Waals surface area contributed by atoms with Crippen LogP contribution in [0.25, 0.3) is 21.8 Å². The van der Waals surface area contributed by atoms with Crippen LogP contribution in [0.5, 0.6) is 0 Å². The lowest BCUT2D eigenvalue weighted by Gasteiger charge is -2.08. The number of benzene rings is 1. The van der Waals surface area contributed by atoms with Crippen molar-refractivity contribution in [2.45, 2.75) is 19.3 Å². The number of nitrogens with one attached hydrogen (secondary N) is 1. The van der Waals surface area contributed by atoms with Gasteiger partial charge in [0.05, 0.1) is 6.42 Å². The molecule has 0 aliphatic carbocycles. The molecule has 4 nitrogen and oxygen atoms in total. The second-order valence-electron chi connectivity index (χ2n) is 4.85. The van der Waals surface area contributed by atoms with Gasteiger partial charge in [-0.2, -0.15) is 0 Å². The standard InChI is InChI=1S/C15H14N2O2/c1-9(6-15(18)19)10-2-3-11-12-8-16-5-4-13(12)17-14(11)7-10/h2-5,7-9,17H,6H2,1H3,(H,18,19). The summed E-state index contributed by atoms with van der Waals surface area (Å²) < 4.78 is 0. The van der Waals surface area contributed by atoms with Gasteiger partial charge in [0.25, 0.3) is 0 Å². The van der Waals surface area contributed by atoms with Gasteiger partial charge in [-0.1, -0.05) is 19.1 Å². The van der Waals surface area contributed by atoms with Gasteiger partial charge in [-0.05, 0) is 23.6 Å². The summed E-state index contributed by atoms with van der Waals surface area (Å²) in [7, 11) is 0. The number of hydrogen-bond acceptors (Lipinski definition) is 2.